The second kappa shape index (κ2) is 7.27. The van der Waals surface area contributed by atoms with Crippen LogP contribution in [0.1, 0.15) is 18.5 Å². The molecule has 2 aromatic heterocycles. The number of hydrogen-bond acceptors (Lipinski definition) is 5. The number of carbonyl (C=O) groups excluding carboxylic acids is 1. The molecule has 0 saturated heterocycles. The van der Waals surface area contributed by atoms with Crippen molar-refractivity contribution in [1.82, 2.24) is 14.9 Å². The molecule has 0 aliphatic rings. The van der Waals surface area contributed by atoms with Crippen LogP contribution in [0.25, 0.3) is 10.2 Å². The van der Waals surface area contributed by atoms with Gasteiger partial charge in [-0.25, -0.2) is 14.4 Å². The van der Waals surface area contributed by atoms with Crippen molar-refractivity contribution in [1.29, 1.82) is 0 Å². The van der Waals surface area contributed by atoms with Gasteiger partial charge in [0, 0.05) is 7.05 Å². The molecule has 3 aromatic rings. The van der Waals surface area contributed by atoms with E-state index >= 15 is 0 Å². The molecule has 0 aliphatic heterocycles. The molecule has 0 saturated carbocycles. The van der Waals surface area contributed by atoms with E-state index in [9.17, 15) is 9.18 Å². The molecule has 1 amide bonds. The fourth-order valence-corrected chi connectivity index (χ4v) is 4.15. The van der Waals surface area contributed by atoms with Crippen LogP contribution in [0.2, 0.25) is 0 Å². The number of rotatable bonds is 5. The number of benzene rings is 1. The molecule has 1 unspecified atom stereocenters. The molecule has 2 heterocycles. The Hall–Kier alpha value is -1.99. The van der Waals surface area contributed by atoms with Crippen LogP contribution >= 0.6 is 23.1 Å². The molecule has 0 aliphatic carbocycles. The fourth-order valence-electron chi connectivity index (χ4n) is 2.28. The maximum Gasteiger partial charge on any atom is 0.233 e. The van der Waals surface area contributed by atoms with Crippen molar-refractivity contribution in [2.45, 2.75) is 18.0 Å². The lowest BCUT2D eigenvalue weighted by Crippen LogP contribution is -2.31. The van der Waals surface area contributed by atoms with Gasteiger partial charge in [0.2, 0.25) is 5.91 Å². The Bertz CT molecular complexity index is 850. The summed E-state index contributed by atoms with van der Waals surface area (Å²) in [5.74, 6) is 0.0193. The van der Waals surface area contributed by atoms with E-state index in [4.69, 9.17) is 0 Å². The number of halogens is 1. The molecular formula is C17H16FN3OS2. The second-order valence-corrected chi connectivity index (χ2v) is 7.21. The Balaban J connectivity index is 1.66. The molecule has 0 radical (unpaired) electrons. The lowest BCUT2D eigenvalue weighted by molar-refractivity contribution is -0.128. The highest BCUT2D eigenvalue weighted by molar-refractivity contribution is 8.00. The average Bonchev–Trinajstić information content (AvgIpc) is 3.08. The van der Waals surface area contributed by atoms with Crippen molar-refractivity contribution >= 4 is 39.2 Å². The maximum absolute atomic E-state index is 13.0. The zero-order valence-corrected chi connectivity index (χ0v) is 14.9. The van der Waals surface area contributed by atoms with Crippen molar-refractivity contribution < 1.29 is 9.18 Å². The van der Waals surface area contributed by atoms with E-state index < -0.39 is 0 Å². The smallest absolute Gasteiger partial charge is 0.233 e. The van der Waals surface area contributed by atoms with Gasteiger partial charge in [0.05, 0.1) is 22.0 Å². The summed E-state index contributed by atoms with van der Waals surface area (Å²) in [5, 5.41) is 2.79. The number of fused-ring (bicyclic) bond motifs is 1. The van der Waals surface area contributed by atoms with E-state index in [1.165, 1.54) is 30.2 Å². The van der Waals surface area contributed by atoms with E-state index in [0.717, 1.165) is 20.8 Å². The highest BCUT2D eigenvalue weighted by Crippen LogP contribution is 2.29. The third kappa shape index (κ3) is 3.57. The van der Waals surface area contributed by atoms with E-state index in [0.29, 0.717) is 5.75 Å². The van der Waals surface area contributed by atoms with Gasteiger partial charge < -0.3 is 4.90 Å². The van der Waals surface area contributed by atoms with Gasteiger partial charge in [-0.05, 0) is 36.1 Å². The van der Waals surface area contributed by atoms with E-state index in [2.05, 4.69) is 9.97 Å². The van der Waals surface area contributed by atoms with Crippen LogP contribution in [0.4, 0.5) is 4.39 Å². The Morgan fingerprint density at radius 3 is 2.79 bits per heavy atom. The first-order chi connectivity index (χ1) is 11.6. The molecule has 0 fully saturated rings. The molecule has 0 N–H and O–H groups in total. The van der Waals surface area contributed by atoms with Gasteiger partial charge in [-0.15, -0.1) is 11.3 Å². The standard InChI is InChI=1S/C17H16FN3OS2/c1-11(12-3-5-13(18)6-4-12)21(2)15(22)9-24-17-16-14(7-8-23-16)19-10-20-17/h3-8,10-11H,9H2,1-2H3. The number of hydrogen-bond donors (Lipinski definition) is 0. The monoisotopic (exact) mass is 361 g/mol. The molecule has 4 nitrogen and oxygen atoms in total. The molecule has 1 aromatic carbocycles. The minimum atomic E-state index is -0.279. The van der Waals surface area contributed by atoms with Crippen molar-refractivity contribution in [3.63, 3.8) is 0 Å². The maximum atomic E-state index is 13.0. The third-order valence-electron chi connectivity index (χ3n) is 3.87. The molecule has 1 atom stereocenters. The number of thiophene rings is 1. The van der Waals surface area contributed by atoms with E-state index in [1.807, 2.05) is 18.4 Å². The predicted octanol–water partition coefficient (Wildman–Crippen LogP) is 4.14. The van der Waals surface area contributed by atoms with Crippen LogP contribution < -0.4 is 0 Å². The van der Waals surface area contributed by atoms with Gasteiger partial charge in [0.25, 0.3) is 0 Å². The first-order valence-corrected chi connectivity index (χ1v) is 9.25. The first-order valence-electron chi connectivity index (χ1n) is 7.38. The van der Waals surface area contributed by atoms with Crippen molar-refractivity contribution in [3.05, 3.63) is 53.4 Å². The number of aromatic nitrogens is 2. The van der Waals surface area contributed by atoms with Crippen molar-refractivity contribution in [3.8, 4) is 0 Å². The largest absolute Gasteiger partial charge is 0.338 e. The summed E-state index contributed by atoms with van der Waals surface area (Å²) in [5.41, 5.74) is 1.80. The highest BCUT2D eigenvalue weighted by atomic mass is 32.2. The first kappa shape index (κ1) is 16.9. The number of thioether (sulfide) groups is 1. The van der Waals surface area contributed by atoms with Gasteiger partial charge in [-0.2, -0.15) is 0 Å². The molecule has 3 rings (SSSR count). The summed E-state index contributed by atoms with van der Waals surface area (Å²) >= 11 is 2.99. The zero-order valence-electron chi connectivity index (χ0n) is 13.3. The molecule has 7 heteroatoms. The fraction of sp³-hybridized carbons (Fsp3) is 0.235. The number of amides is 1. The number of nitrogens with zero attached hydrogens (tertiary/aromatic N) is 3. The van der Waals surface area contributed by atoms with Crippen molar-refractivity contribution in [2.75, 3.05) is 12.8 Å². The Morgan fingerprint density at radius 2 is 2.04 bits per heavy atom. The summed E-state index contributed by atoms with van der Waals surface area (Å²) in [6.45, 7) is 1.93. The van der Waals surface area contributed by atoms with Crippen LogP contribution in [0.5, 0.6) is 0 Å². The zero-order chi connectivity index (χ0) is 17.1. The quantitative estimate of drug-likeness (QED) is 0.506. The van der Waals surface area contributed by atoms with Crippen LogP contribution in [-0.4, -0.2) is 33.6 Å². The van der Waals surface area contributed by atoms with Crippen LogP contribution in [0.3, 0.4) is 0 Å². The minimum Gasteiger partial charge on any atom is -0.338 e. The summed E-state index contributed by atoms with van der Waals surface area (Å²) in [6.07, 6.45) is 1.52. The number of carbonyl (C=O) groups is 1. The predicted molar refractivity (Wildman–Crippen MR) is 95.7 cm³/mol. The highest BCUT2D eigenvalue weighted by Gasteiger charge is 2.18. The average molecular weight is 361 g/mol. The second-order valence-electron chi connectivity index (χ2n) is 5.33. The summed E-state index contributed by atoms with van der Waals surface area (Å²) in [4.78, 5) is 22.6. The summed E-state index contributed by atoms with van der Waals surface area (Å²) < 4.78 is 14.0. The van der Waals surface area contributed by atoms with Crippen LogP contribution in [-0.2, 0) is 4.79 Å². The minimum absolute atomic E-state index is 0.000133. The van der Waals surface area contributed by atoms with E-state index in [-0.39, 0.29) is 17.8 Å². The van der Waals surface area contributed by atoms with Gasteiger partial charge in [0.1, 0.15) is 17.2 Å². The molecular weight excluding hydrogens is 345 g/mol. The van der Waals surface area contributed by atoms with E-state index in [1.54, 1.807) is 35.4 Å². The Morgan fingerprint density at radius 1 is 1.29 bits per heavy atom. The van der Waals surface area contributed by atoms with Gasteiger partial charge in [-0.3, -0.25) is 4.79 Å². The molecule has 0 spiro atoms. The normalized spacial score (nSPS) is 12.3. The SMILES string of the molecule is CC(c1ccc(F)cc1)N(C)C(=O)CSc1ncnc2ccsc12. The van der Waals surface area contributed by atoms with Crippen LogP contribution in [0.15, 0.2) is 47.1 Å². The van der Waals surface area contributed by atoms with Crippen molar-refractivity contribution in [2.24, 2.45) is 0 Å². The molecule has 24 heavy (non-hydrogen) atoms. The lowest BCUT2D eigenvalue weighted by atomic mass is 10.1. The molecule has 124 valence electrons. The topological polar surface area (TPSA) is 46.1 Å². The Labute approximate surface area is 147 Å². The van der Waals surface area contributed by atoms with Gasteiger partial charge >= 0.3 is 0 Å². The van der Waals surface area contributed by atoms with Gasteiger partial charge in [0.15, 0.2) is 0 Å². The summed E-state index contributed by atoms with van der Waals surface area (Å²) in [6, 6.07) is 8.05. The van der Waals surface area contributed by atoms with Crippen LogP contribution in [0, 0.1) is 5.82 Å². The lowest BCUT2D eigenvalue weighted by Gasteiger charge is -2.25. The molecule has 0 bridgehead atoms. The summed E-state index contributed by atoms with van der Waals surface area (Å²) in [7, 11) is 1.76. The van der Waals surface area contributed by atoms with Gasteiger partial charge in [-0.1, -0.05) is 23.9 Å². The Kier molecular flexibility index (Phi) is 5.11. The third-order valence-corrected chi connectivity index (χ3v) is 5.88.